The highest BCUT2D eigenvalue weighted by molar-refractivity contribution is 5.90. The number of methoxy groups -OCH3 is 1. The summed E-state index contributed by atoms with van der Waals surface area (Å²) in [5, 5.41) is 0. The van der Waals surface area contributed by atoms with Gasteiger partial charge < -0.3 is 18.9 Å². The zero-order chi connectivity index (χ0) is 18.5. The molecule has 2 aromatic carbocycles. The van der Waals surface area contributed by atoms with Crippen LogP contribution in [0.15, 0.2) is 60.7 Å². The van der Waals surface area contributed by atoms with Crippen molar-refractivity contribution in [3.05, 3.63) is 71.8 Å². The molecule has 0 N–H and O–H groups in total. The third-order valence-electron chi connectivity index (χ3n) is 4.14. The van der Waals surface area contributed by atoms with Crippen LogP contribution >= 0.6 is 0 Å². The Labute approximate surface area is 151 Å². The topological polar surface area (TPSA) is 71.1 Å². The summed E-state index contributed by atoms with van der Waals surface area (Å²) in [5.41, 5.74) is 0.809. The van der Waals surface area contributed by atoms with E-state index in [9.17, 15) is 9.59 Å². The van der Waals surface area contributed by atoms with Crippen molar-refractivity contribution in [3.63, 3.8) is 0 Å². The van der Waals surface area contributed by atoms with E-state index in [4.69, 9.17) is 18.9 Å². The van der Waals surface area contributed by atoms with Crippen molar-refractivity contribution in [3.8, 4) is 0 Å². The maximum Gasteiger partial charge on any atom is 0.338 e. The van der Waals surface area contributed by atoms with Crippen LogP contribution in [0.25, 0.3) is 0 Å². The molecule has 0 spiro atoms. The Morgan fingerprint density at radius 3 is 1.73 bits per heavy atom. The molecular formula is C20H20O6. The third kappa shape index (κ3) is 3.92. The fourth-order valence-corrected chi connectivity index (χ4v) is 2.80. The number of carbonyl (C=O) groups excluding carboxylic acids is 2. The molecule has 26 heavy (non-hydrogen) atoms. The number of ether oxygens (including phenoxy) is 4. The molecule has 0 aromatic heterocycles. The number of hydrogen-bond acceptors (Lipinski definition) is 6. The lowest BCUT2D eigenvalue weighted by molar-refractivity contribution is -0.148. The maximum atomic E-state index is 12.4. The molecule has 3 rings (SSSR count). The number of carbonyl (C=O) groups is 2. The Morgan fingerprint density at radius 1 is 0.808 bits per heavy atom. The molecule has 2 aromatic rings. The van der Waals surface area contributed by atoms with E-state index < -0.39 is 36.5 Å². The van der Waals surface area contributed by atoms with E-state index in [1.165, 1.54) is 7.11 Å². The first-order valence-electron chi connectivity index (χ1n) is 8.30. The first kappa shape index (κ1) is 18.1. The molecule has 1 fully saturated rings. The minimum absolute atomic E-state index is 0.398. The lowest BCUT2D eigenvalue weighted by Crippen LogP contribution is -2.40. The molecule has 136 valence electrons. The van der Waals surface area contributed by atoms with Crippen molar-refractivity contribution in [1.29, 1.82) is 0 Å². The summed E-state index contributed by atoms with van der Waals surface area (Å²) in [6.07, 6.45) is -2.94. The van der Waals surface area contributed by atoms with Crippen molar-refractivity contribution >= 4 is 11.9 Å². The van der Waals surface area contributed by atoms with Crippen LogP contribution in [-0.4, -0.2) is 43.7 Å². The molecule has 0 bridgehead atoms. The van der Waals surface area contributed by atoms with Crippen molar-refractivity contribution in [2.24, 2.45) is 0 Å². The van der Waals surface area contributed by atoms with Gasteiger partial charge in [0.15, 0.2) is 18.5 Å². The minimum Gasteiger partial charge on any atom is -0.452 e. The lowest BCUT2D eigenvalue weighted by Gasteiger charge is -2.23. The molecule has 1 heterocycles. The number of benzene rings is 2. The molecule has 6 heteroatoms. The van der Waals surface area contributed by atoms with Gasteiger partial charge in [-0.3, -0.25) is 0 Å². The summed E-state index contributed by atoms with van der Waals surface area (Å²) in [4.78, 5) is 24.8. The monoisotopic (exact) mass is 356 g/mol. The van der Waals surface area contributed by atoms with E-state index in [0.717, 1.165) is 0 Å². The third-order valence-corrected chi connectivity index (χ3v) is 4.14. The molecule has 0 radical (unpaired) electrons. The Kier molecular flexibility index (Phi) is 5.65. The molecule has 0 amide bonds. The first-order chi connectivity index (χ1) is 12.6. The average Bonchev–Trinajstić information content (AvgIpc) is 2.98. The van der Waals surface area contributed by atoms with Gasteiger partial charge >= 0.3 is 11.9 Å². The van der Waals surface area contributed by atoms with Gasteiger partial charge in [0, 0.05) is 7.11 Å². The Hall–Kier alpha value is -2.70. The van der Waals surface area contributed by atoms with Crippen molar-refractivity contribution in [1.82, 2.24) is 0 Å². The van der Waals surface area contributed by atoms with Gasteiger partial charge in [-0.2, -0.15) is 0 Å². The van der Waals surface area contributed by atoms with Crippen LogP contribution in [0.3, 0.4) is 0 Å². The number of hydrogen-bond donors (Lipinski definition) is 0. The number of esters is 2. The maximum absolute atomic E-state index is 12.4. The SMILES string of the molecule is CO[C@H]1O[C@H](C)[C@@H](OC(=O)c2ccccc2)[C@H]1OC(=O)c1ccccc1. The van der Waals surface area contributed by atoms with Crippen LogP contribution in [-0.2, 0) is 18.9 Å². The van der Waals surface area contributed by atoms with Gasteiger partial charge in [-0.1, -0.05) is 36.4 Å². The predicted octanol–water partition coefficient (Wildman–Crippen LogP) is 2.83. The number of rotatable bonds is 5. The molecule has 1 aliphatic rings. The van der Waals surface area contributed by atoms with E-state index in [1.54, 1.807) is 61.5 Å². The molecule has 1 aliphatic heterocycles. The molecule has 1 saturated heterocycles. The lowest BCUT2D eigenvalue weighted by atomic mass is 10.1. The van der Waals surface area contributed by atoms with Crippen LogP contribution in [0, 0.1) is 0 Å². The van der Waals surface area contributed by atoms with Crippen LogP contribution in [0.2, 0.25) is 0 Å². The van der Waals surface area contributed by atoms with Gasteiger partial charge in [0.1, 0.15) is 0 Å². The summed E-state index contributed by atoms with van der Waals surface area (Å²) >= 11 is 0. The van der Waals surface area contributed by atoms with E-state index >= 15 is 0 Å². The Balaban J connectivity index is 1.76. The van der Waals surface area contributed by atoms with Gasteiger partial charge in [0.05, 0.1) is 17.2 Å². The molecule has 0 aliphatic carbocycles. The van der Waals surface area contributed by atoms with E-state index in [-0.39, 0.29) is 0 Å². The summed E-state index contributed by atoms with van der Waals surface area (Å²) in [6, 6.07) is 17.2. The Bertz CT molecular complexity index is 745. The zero-order valence-electron chi connectivity index (χ0n) is 14.5. The summed E-state index contributed by atoms with van der Waals surface area (Å²) < 4.78 is 22.0. The predicted molar refractivity (Wildman–Crippen MR) is 92.6 cm³/mol. The van der Waals surface area contributed by atoms with E-state index in [1.807, 2.05) is 6.07 Å². The summed E-state index contributed by atoms with van der Waals surface area (Å²) in [5.74, 6) is -1.04. The molecular weight excluding hydrogens is 336 g/mol. The van der Waals surface area contributed by atoms with Crippen LogP contribution in [0.5, 0.6) is 0 Å². The fourth-order valence-electron chi connectivity index (χ4n) is 2.80. The largest absolute Gasteiger partial charge is 0.452 e. The average molecular weight is 356 g/mol. The zero-order valence-corrected chi connectivity index (χ0v) is 14.5. The fraction of sp³-hybridized carbons (Fsp3) is 0.300. The van der Waals surface area contributed by atoms with Gasteiger partial charge in [-0.15, -0.1) is 0 Å². The smallest absolute Gasteiger partial charge is 0.338 e. The van der Waals surface area contributed by atoms with E-state index in [0.29, 0.717) is 11.1 Å². The standard InChI is InChI=1S/C20H20O6/c1-13-16(25-18(21)14-9-5-3-6-10-14)17(20(23-2)24-13)26-19(22)15-11-7-4-8-12-15/h3-13,16-17,20H,1-2H3/t13-,16-,17-,20+/m1/s1. The van der Waals surface area contributed by atoms with Gasteiger partial charge in [-0.25, -0.2) is 9.59 Å². The van der Waals surface area contributed by atoms with Gasteiger partial charge in [-0.05, 0) is 31.2 Å². The quantitative estimate of drug-likeness (QED) is 0.767. The summed E-state index contributed by atoms with van der Waals surface area (Å²) in [7, 11) is 1.45. The molecule has 4 atom stereocenters. The minimum atomic E-state index is -0.865. The highest BCUT2D eigenvalue weighted by Crippen LogP contribution is 2.28. The second kappa shape index (κ2) is 8.12. The molecule has 0 saturated carbocycles. The van der Waals surface area contributed by atoms with Crippen molar-refractivity contribution in [2.45, 2.75) is 31.5 Å². The van der Waals surface area contributed by atoms with E-state index in [2.05, 4.69) is 0 Å². The second-order valence-corrected chi connectivity index (χ2v) is 5.92. The van der Waals surface area contributed by atoms with Gasteiger partial charge in [0.2, 0.25) is 0 Å². The summed E-state index contributed by atoms with van der Waals surface area (Å²) in [6.45, 7) is 1.74. The van der Waals surface area contributed by atoms with Crippen molar-refractivity contribution < 1.29 is 28.5 Å². The van der Waals surface area contributed by atoms with Crippen molar-refractivity contribution in [2.75, 3.05) is 7.11 Å². The Morgan fingerprint density at radius 2 is 1.27 bits per heavy atom. The van der Waals surface area contributed by atoms with Gasteiger partial charge in [0.25, 0.3) is 0 Å². The van der Waals surface area contributed by atoms with Crippen LogP contribution in [0.4, 0.5) is 0 Å². The van der Waals surface area contributed by atoms with Crippen LogP contribution in [0.1, 0.15) is 27.6 Å². The molecule has 0 unspecified atom stereocenters. The highest BCUT2D eigenvalue weighted by Gasteiger charge is 2.48. The highest BCUT2D eigenvalue weighted by atomic mass is 16.7. The second-order valence-electron chi connectivity index (χ2n) is 5.92. The first-order valence-corrected chi connectivity index (χ1v) is 8.30. The molecule has 6 nitrogen and oxygen atoms in total. The van der Waals surface area contributed by atoms with Crippen LogP contribution < -0.4 is 0 Å². The normalized spacial score (nSPS) is 24.8.